The number of aliphatic hydroxyl groups excluding tert-OH is 1. The number of Topliss-reactive ketones (excluding diaryl/α,β-unsaturated/α-hetero) is 1. The molecule has 5 unspecified atom stereocenters. The van der Waals surface area contributed by atoms with E-state index in [4.69, 9.17) is 30.5 Å². The smallest absolute Gasteiger partial charge is 0.184 e. The molecule has 42 heavy (non-hydrogen) atoms. The van der Waals surface area contributed by atoms with Crippen LogP contribution in [0.15, 0.2) is 121 Å². The molecule has 0 bridgehead atoms. The van der Waals surface area contributed by atoms with Crippen molar-refractivity contribution in [3.05, 3.63) is 144 Å². The van der Waals surface area contributed by atoms with Gasteiger partial charge in [-0.2, -0.15) is 0 Å². The molecule has 4 aromatic carbocycles. The van der Waals surface area contributed by atoms with Gasteiger partial charge in [-0.3, -0.25) is 4.79 Å². The molecule has 5 atom stereocenters. The molecule has 1 N–H and O–H groups in total. The van der Waals surface area contributed by atoms with E-state index >= 15 is 0 Å². The van der Waals surface area contributed by atoms with Crippen molar-refractivity contribution < 1.29 is 28.8 Å². The lowest BCUT2D eigenvalue weighted by Gasteiger charge is -2.50. The summed E-state index contributed by atoms with van der Waals surface area (Å²) in [6.07, 6.45) is -3.52. The van der Waals surface area contributed by atoms with E-state index in [-0.39, 0.29) is 33.0 Å². The number of carbonyl (C=O) groups is 1. The number of halogens is 1. The fourth-order valence-electron chi connectivity index (χ4n) is 5.13. The van der Waals surface area contributed by atoms with Crippen molar-refractivity contribution in [3.8, 4) is 0 Å². The largest absolute Gasteiger partial charge is 0.382 e. The molecule has 5 rings (SSSR count). The highest BCUT2D eigenvalue weighted by Gasteiger charge is 2.61. The number of alkyl halides is 1. The molecule has 4 aromatic rings. The Hall–Kier alpha value is -3.36. The van der Waals surface area contributed by atoms with Gasteiger partial charge in [-0.1, -0.05) is 121 Å². The monoisotopic (exact) mass is 586 g/mol. The van der Waals surface area contributed by atoms with E-state index in [1.807, 2.05) is 121 Å². The highest BCUT2D eigenvalue weighted by Crippen LogP contribution is 2.40. The Labute approximate surface area is 251 Å². The van der Waals surface area contributed by atoms with Crippen molar-refractivity contribution in [2.45, 2.75) is 55.7 Å². The summed E-state index contributed by atoms with van der Waals surface area (Å²) in [4.78, 5) is 13.6. The van der Waals surface area contributed by atoms with Gasteiger partial charge in [-0.15, -0.1) is 11.6 Å². The van der Waals surface area contributed by atoms with E-state index in [9.17, 15) is 9.90 Å². The van der Waals surface area contributed by atoms with Crippen LogP contribution in [-0.4, -0.2) is 46.8 Å². The molecule has 0 aromatic heterocycles. The minimum Gasteiger partial charge on any atom is -0.382 e. The Kier molecular flexibility index (Phi) is 10.5. The Bertz CT molecular complexity index is 1370. The summed E-state index contributed by atoms with van der Waals surface area (Å²) in [7, 11) is 0. The van der Waals surface area contributed by atoms with Crippen LogP contribution in [0.4, 0.5) is 0 Å². The summed E-state index contributed by atoms with van der Waals surface area (Å²) in [5.41, 5.74) is 2.19. The first-order chi connectivity index (χ1) is 20.6. The van der Waals surface area contributed by atoms with Crippen molar-refractivity contribution >= 4 is 17.4 Å². The lowest BCUT2D eigenvalue weighted by molar-refractivity contribution is -0.250. The van der Waals surface area contributed by atoms with Crippen molar-refractivity contribution in [3.63, 3.8) is 0 Å². The van der Waals surface area contributed by atoms with Crippen LogP contribution >= 0.6 is 11.6 Å². The van der Waals surface area contributed by atoms with Crippen molar-refractivity contribution in [1.29, 1.82) is 0 Å². The zero-order valence-electron chi connectivity index (χ0n) is 23.3. The van der Waals surface area contributed by atoms with Gasteiger partial charge in [-0.05, 0) is 22.3 Å². The molecular formula is C35H35ClO6. The third-order valence-corrected chi connectivity index (χ3v) is 7.99. The van der Waals surface area contributed by atoms with Crippen LogP contribution in [0, 0.1) is 0 Å². The maximum Gasteiger partial charge on any atom is 0.184 e. The molecule has 0 aliphatic heterocycles. The van der Waals surface area contributed by atoms with Gasteiger partial charge < -0.3 is 24.1 Å². The fourth-order valence-corrected chi connectivity index (χ4v) is 5.51. The number of carbonyl (C=O) groups excluding carboxylic acids is 1. The van der Waals surface area contributed by atoms with Gasteiger partial charge in [0, 0.05) is 0 Å². The summed E-state index contributed by atoms with van der Waals surface area (Å²) in [5.74, 6) is -0.592. The minimum atomic E-state index is -1.51. The van der Waals surface area contributed by atoms with Gasteiger partial charge >= 0.3 is 0 Å². The van der Waals surface area contributed by atoms with E-state index in [2.05, 4.69) is 0 Å². The van der Waals surface area contributed by atoms with Crippen molar-refractivity contribution in [1.82, 2.24) is 0 Å². The maximum absolute atomic E-state index is 13.6. The Morgan fingerprint density at radius 3 is 1.55 bits per heavy atom. The number of aliphatic hydroxyl groups is 1. The summed E-state index contributed by atoms with van der Waals surface area (Å²) in [6, 6.07) is 38.6. The van der Waals surface area contributed by atoms with Crippen LogP contribution < -0.4 is 0 Å². The van der Waals surface area contributed by atoms with Crippen LogP contribution in [0.25, 0.3) is 0 Å². The Morgan fingerprint density at radius 1 is 0.619 bits per heavy atom. The van der Waals surface area contributed by atoms with E-state index in [0.717, 1.165) is 22.3 Å². The molecule has 1 aliphatic carbocycles. The average molecular weight is 587 g/mol. The minimum absolute atomic E-state index is 0.0635. The predicted molar refractivity (Wildman–Crippen MR) is 161 cm³/mol. The topological polar surface area (TPSA) is 74.2 Å². The lowest BCUT2D eigenvalue weighted by Crippen LogP contribution is -2.71. The van der Waals surface area contributed by atoms with Crippen molar-refractivity contribution in [2.75, 3.05) is 6.61 Å². The third kappa shape index (κ3) is 7.34. The number of hydrogen-bond acceptors (Lipinski definition) is 6. The number of rotatable bonds is 13. The molecule has 0 heterocycles. The fraction of sp³-hybridized carbons (Fsp3) is 0.286. The number of hydrogen-bond donors (Lipinski definition) is 1. The first kappa shape index (κ1) is 30.1. The zero-order chi connectivity index (χ0) is 29.2. The van der Waals surface area contributed by atoms with Crippen LogP contribution in [0.3, 0.4) is 0 Å². The van der Waals surface area contributed by atoms with Gasteiger partial charge in [0.2, 0.25) is 0 Å². The molecule has 0 spiro atoms. The molecular weight excluding hydrogens is 552 g/mol. The average Bonchev–Trinajstić information content (AvgIpc) is 3.05. The van der Waals surface area contributed by atoms with E-state index in [1.54, 1.807) is 0 Å². The molecule has 6 nitrogen and oxygen atoms in total. The number of ether oxygens (including phenoxy) is 4. The maximum atomic E-state index is 13.6. The third-order valence-electron chi connectivity index (χ3n) is 7.41. The quantitative estimate of drug-likeness (QED) is 0.197. The first-order valence-corrected chi connectivity index (χ1v) is 14.5. The van der Waals surface area contributed by atoms with E-state index < -0.39 is 35.1 Å². The Balaban J connectivity index is 1.49. The molecule has 1 aliphatic rings. The summed E-state index contributed by atoms with van der Waals surface area (Å²) in [6.45, 7) is 0.716. The van der Waals surface area contributed by atoms with Crippen LogP contribution in [0.2, 0.25) is 0 Å². The molecule has 218 valence electrons. The molecule has 0 radical (unpaired) electrons. The van der Waals surface area contributed by atoms with Gasteiger partial charge in [0.15, 0.2) is 5.78 Å². The summed E-state index contributed by atoms with van der Waals surface area (Å²) >= 11 is 6.94. The summed E-state index contributed by atoms with van der Waals surface area (Å²) in [5, 5.41) is 9.98. The SMILES string of the molecule is O=C1C(O)C(OCc2ccccc2)C(OCc2ccccc2)C(COCc2ccccc2)(OCc2ccccc2)C1Cl. The molecule has 0 saturated heterocycles. The summed E-state index contributed by atoms with van der Waals surface area (Å²) < 4.78 is 25.7. The molecule has 1 fully saturated rings. The predicted octanol–water partition coefficient (Wildman–Crippen LogP) is 5.88. The number of benzene rings is 4. The highest BCUT2D eigenvalue weighted by atomic mass is 35.5. The standard InChI is InChI=1S/C35H35ClO6/c36-33-31(38)30(37)32(40-22-27-15-7-2-8-16-27)34(41-23-28-17-9-3-10-18-28)35(33,42-24-29-19-11-4-12-20-29)25-39-21-26-13-5-1-6-14-26/h1-20,30,32-34,37H,21-25H2. The zero-order valence-corrected chi connectivity index (χ0v) is 24.0. The highest BCUT2D eigenvalue weighted by molar-refractivity contribution is 6.33. The van der Waals surface area contributed by atoms with Gasteiger partial charge in [0.1, 0.15) is 29.3 Å². The lowest BCUT2D eigenvalue weighted by atomic mass is 9.77. The second kappa shape index (κ2) is 14.7. The van der Waals surface area contributed by atoms with Gasteiger partial charge in [-0.25, -0.2) is 0 Å². The second-order valence-electron chi connectivity index (χ2n) is 10.4. The van der Waals surface area contributed by atoms with E-state index in [0.29, 0.717) is 0 Å². The van der Waals surface area contributed by atoms with Gasteiger partial charge in [0.25, 0.3) is 0 Å². The second-order valence-corrected chi connectivity index (χ2v) is 10.8. The number of ketones is 1. The van der Waals surface area contributed by atoms with Crippen LogP contribution in [-0.2, 0) is 50.2 Å². The molecule has 0 amide bonds. The van der Waals surface area contributed by atoms with E-state index in [1.165, 1.54) is 0 Å². The first-order valence-electron chi connectivity index (χ1n) is 14.0. The van der Waals surface area contributed by atoms with Crippen LogP contribution in [0.5, 0.6) is 0 Å². The Morgan fingerprint density at radius 2 is 1.05 bits per heavy atom. The molecule has 1 saturated carbocycles. The molecule has 7 heteroatoms. The van der Waals surface area contributed by atoms with Gasteiger partial charge in [0.05, 0.1) is 33.0 Å². The normalized spacial score (nSPS) is 24.0. The van der Waals surface area contributed by atoms with Crippen molar-refractivity contribution in [2.24, 2.45) is 0 Å². The van der Waals surface area contributed by atoms with Crippen LogP contribution in [0.1, 0.15) is 22.3 Å².